The minimum Gasteiger partial charge on any atom is -0.312 e. The zero-order chi connectivity index (χ0) is 15.6. The second kappa shape index (κ2) is 5.97. The Hall–Kier alpha value is -1.69. The fourth-order valence-electron chi connectivity index (χ4n) is 2.36. The molecule has 0 bridgehead atoms. The van der Waals surface area contributed by atoms with E-state index < -0.39 is 0 Å². The van der Waals surface area contributed by atoms with Gasteiger partial charge in [-0.05, 0) is 18.4 Å². The molecule has 6 nitrogen and oxygen atoms in total. The molecule has 0 aliphatic rings. The van der Waals surface area contributed by atoms with E-state index in [2.05, 4.69) is 43.1 Å². The first-order valence-corrected chi connectivity index (χ1v) is 7.45. The fourth-order valence-corrected chi connectivity index (χ4v) is 2.36. The molecule has 0 spiro atoms. The molecular formula is C15H25N5O. The average molecular weight is 291 g/mol. The Labute approximate surface area is 125 Å². The van der Waals surface area contributed by atoms with Crippen LogP contribution in [0.25, 0.3) is 11.0 Å². The molecule has 21 heavy (non-hydrogen) atoms. The standard InChI is InChI=1S/C15H25N5O/c1-6-7-16-12(15(2,3)4)9-20-10-17-13-11(14(20)21)8-18-19(13)5/h8,10,12,16H,6-7,9H2,1-5H3. The monoisotopic (exact) mass is 291 g/mol. The molecule has 116 valence electrons. The lowest BCUT2D eigenvalue weighted by Gasteiger charge is -2.32. The number of nitrogens with one attached hydrogen (secondary N) is 1. The molecule has 0 aromatic carbocycles. The van der Waals surface area contributed by atoms with E-state index in [0.29, 0.717) is 17.6 Å². The average Bonchev–Trinajstić information content (AvgIpc) is 2.78. The van der Waals surface area contributed by atoms with Gasteiger partial charge in [-0.1, -0.05) is 27.7 Å². The number of fused-ring (bicyclic) bond motifs is 1. The van der Waals surface area contributed by atoms with E-state index in [9.17, 15) is 4.79 Å². The van der Waals surface area contributed by atoms with Crippen molar-refractivity contribution < 1.29 is 0 Å². The predicted molar refractivity (Wildman–Crippen MR) is 84.3 cm³/mol. The molecule has 0 amide bonds. The third kappa shape index (κ3) is 3.32. The first kappa shape index (κ1) is 15.7. The van der Waals surface area contributed by atoms with Crippen LogP contribution in [0.4, 0.5) is 0 Å². The number of aryl methyl sites for hydroxylation is 1. The lowest BCUT2D eigenvalue weighted by atomic mass is 9.86. The Kier molecular flexibility index (Phi) is 4.46. The summed E-state index contributed by atoms with van der Waals surface area (Å²) in [4.78, 5) is 16.9. The van der Waals surface area contributed by atoms with Gasteiger partial charge in [-0.15, -0.1) is 0 Å². The number of nitrogens with zero attached hydrogens (tertiary/aromatic N) is 4. The first-order chi connectivity index (χ1) is 9.84. The molecule has 0 saturated carbocycles. The van der Waals surface area contributed by atoms with Gasteiger partial charge in [0.15, 0.2) is 5.65 Å². The molecule has 1 atom stereocenters. The molecule has 2 aromatic rings. The minimum absolute atomic E-state index is 0.0272. The van der Waals surface area contributed by atoms with E-state index in [1.165, 1.54) is 0 Å². The maximum absolute atomic E-state index is 12.5. The van der Waals surface area contributed by atoms with Crippen molar-refractivity contribution in [1.82, 2.24) is 24.6 Å². The van der Waals surface area contributed by atoms with Gasteiger partial charge in [0, 0.05) is 19.6 Å². The van der Waals surface area contributed by atoms with Crippen LogP contribution in [0, 0.1) is 5.41 Å². The van der Waals surface area contributed by atoms with Gasteiger partial charge in [0.25, 0.3) is 5.56 Å². The maximum Gasteiger partial charge on any atom is 0.264 e. The quantitative estimate of drug-likeness (QED) is 0.907. The van der Waals surface area contributed by atoms with Gasteiger partial charge in [0.2, 0.25) is 0 Å². The summed E-state index contributed by atoms with van der Waals surface area (Å²) in [6, 6.07) is 0.214. The largest absolute Gasteiger partial charge is 0.312 e. The summed E-state index contributed by atoms with van der Waals surface area (Å²) in [5, 5.41) is 8.20. The molecule has 0 saturated heterocycles. The van der Waals surface area contributed by atoms with E-state index in [4.69, 9.17) is 0 Å². The highest BCUT2D eigenvalue weighted by molar-refractivity contribution is 5.72. The zero-order valence-electron chi connectivity index (χ0n) is 13.6. The van der Waals surface area contributed by atoms with Crippen molar-refractivity contribution in [2.24, 2.45) is 12.5 Å². The summed E-state index contributed by atoms with van der Waals surface area (Å²) in [5.74, 6) is 0. The van der Waals surface area contributed by atoms with Crippen LogP contribution in [0.2, 0.25) is 0 Å². The lowest BCUT2D eigenvalue weighted by molar-refractivity contribution is 0.240. The number of aromatic nitrogens is 4. The lowest BCUT2D eigenvalue weighted by Crippen LogP contribution is -2.45. The van der Waals surface area contributed by atoms with Crippen molar-refractivity contribution in [3.63, 3.8) is 0 Å². The summed E-state index contributed by atoms with van der Waals surface area (Å²) in [6.07, 6.45) is 4.28. The molecular weight excluding hydrogens is 266 g/mol. The molecule has 0 fully saturated rings. The van der Waals surface area contributed by atoms with E-state index in [-0.39, 0.29) is 17.0 Å². The van der Waals surface area contributed by atoms with Gasteiger partial charge in [-0.25, -0.2) is 4.98 Å². The van der Waals surface area contributed by atoms with Crippen molar-refractivity contribution in [1.29, 1.82) is 0 Å². The molecule has 0 aliphatic heterocycles. The summed E-state index contributed by atoms with van der Waals surface area (Å²) in [7, 11) is 1.79. The van der Waals surface area contributed by atoms with Crippen molar-refractivity contribution >= 4 is 11.0 Å². The number of hydrogen-bond donors (Lipinski definition) is 1. The Morgan fingerprint density at radius 3 is 2.71 bits per heavy atom. The smallest absolute Gasteiger partial charge is 0.264 e. The summed E-state index contributed by atoms with van der Waals surface area (Å²) in [6.45, 7) is 10.2. The first-order valence-electron chi connectivity index (χ1n) is 7.45. The summed E-state index contributed by atoms with van der Waals surface area (Å²) in [5.41, 5.74) is 0.670. The van der Waals surface area contributed by atoms with E-state index >= 15 is 0 Å². The van der Waals surface area contributed by atoms with Crippen LogP contribution < -0.4 is 10.9 Å². The van der Waals surface area contributed by atoms with Gasteiger partial charge in [-0.3, -0.25) is 14.0 Å². The second-order valence-corrected chi connectivity index (χ2v) is 6.58. The molecule has 0 radical (unpaired) electrons. The van der Waals surface area contributed by atoms with E-state index in [0.717, 1.165) is 13.0 Å². The Morgan fingerprint density at radius 1 is 1.38 bits per heavy atom. The molecule has 1 unspecified atom stereocenters. The SMILES string of the molecule is CCCNC(Cn1cnc2c(cnn2C)c1=O)C(C)(C)C. The molecule has 2 heterocycles. The van der Waals surface area contributed by atoms with Gasteiger partial charge in [0.05, 0.1) is 6.20 Å². The van der Waals surface area contributed by atoms with Gasteiger partial charge in [0.1, 0.15) is 11.7 Å². The Morgan fingerprint density at radius 2 is 2.10 bits per heavy atom. The van der Waals surface area contributed by atoms with Crippen LogP contribution >= 0.6 is 0 Å². The van der Waals surface area contributed by atoms with Crippen LogP contribution in [0.5, 0.6) is 0 Å². The molecule has 2 rings (SSSR count). The van der Waals surface area contributed by atoms with Crippen LogP contribution in [-0.4, -0.2) is 31.9 Å². The predicted octanol–water partition coefficient (Wildman–Crippen LogP) is 1.54. The van der Waals surface area contributed by atoms with Crippen LogP contribution in [0.3, 0.4) is 0 Å². The molecule has 0 aliphatic carbocycles. The summed E-state index contributed by atoms with van der Waals surface area (Å²) >= 11 is 0. The Bertz CT molecular complexity index is 665. The molecule has 2 aromatic heterocycles. The highest BCUT2D eigenvalue weighted by Crippen LogP contribution is 2.20. The van der Waals surface area contributed by atoms with Gasteiger partial charge in [-0.2, -0.15) is 5.10 Å². The number of hydrogen-bond acceptors (Lipinski definition) is 4. The van der Waals surface area contributed by atoms with Gasteiger partial charge >= 0.3 is 0 Å². The topological polar surface area (TPSA) is 64.7 Å². The number of rotatable bonds is 5. The minimum atomic E-state index is -0.0272. The fraction of sp³-hybridized carbons (Fsp3) is 0.667. The maximum atomic E-state index is 12.5. The third-order valence-corrected chi connectivity index (χ3v) is 3.78. The van der Waals surface area contributed by atoms with Crippen molar-refractivity contribution in [3.8, 4) is 0 Å². The van der Waals surface area contributed by atoms with Crippen molar-refractivity contribution in [3.05, 3.63) is 22.9 Å². The van der Waals surface area contributed by atoms with E-state index in [1.807, 2.05) is 0 Å². The van der Waals surface area contributed by atoms with Crippen LogP contribution in [-0.2, 0) is 13.6 Å². The van der Waals surface area contributed by atoms with Crippen molar-refractivity contribution in [2.75, 3.05) is 6.54 Å². The van der Waals surface area contributed by atoms with E-state index in [1.54, 1.807) is 28.8 Å². The van der Waals surface area contributed by atoms with Crippen LogP contribution in [0.15, 0.2) is 17.3 Å². The highest BCUT2D eigenvalue weighted by Gasteiger charge is 2.25. The van der Waals surface area contributed by atoms with Crippen LogP contribution in [0.1, 0.15) is 34.1 Å². The second-order valence-electron chi connectivity index (χ2n) is 6.58. The molecule has 1 N–H and O–H groups in total. The third-order valence-electron chi connectivity index (χ3n) is 3.78. The Balaban J connectivity index is 2.32. The van der Waals surface area contributed by atoms with Gasteiger partial charge < -0.3 is 5.32 Å². The van der Waals surface area contributed by atoms with Crippen molar-refractivity contribution in [2.45, 2.75) is 46.7 Å². The zero-order valence-corrected chi connectivity index (χ0v) is 13.6. The summed E-state index contributed by atoms with van der Waals surface area (Å²) < 4.78 is 3.31. The molecule has 6 heteroatoms. The normalized spacial score (nSPS) is 13.8. The highest BCUT2D eigenvalue weighted by atomic mass is 16.1.